The average molecular weight is 330 g/mol. The quantitative estimate of drug-likeness (QED) is 0.532. The van der Waals surface area contributed by atoms with Crippen LogP contribution in [0.2, 0.25) is 0 Å². The number of thiocarbonyl (C=S) groups is 1. The van der Waals surface area contributed by atoms with E-state index in [-0.39, 0.29) is 16.4 Å². The first-order valence-corrected chi connectivity index (χ1v) is 8.75. The molecule has 0 heterocycles. The van der Waals surface area contributed by atoms with Gasteiger partial charge in [0.2, 0.25) is 10.0 Å². The summed E-state index contributed by atoms with van der Waals surface area (Å²) in [6, 6.07) is 4.91. The number of rotatable bonds is 9. The van der Waals surface area contributed by atoms with E-state index in [1.54, 1.807) is 19.1 Å². The van der Waals surface area contributed by atoms with Crippen LogP contribution in [0.3, 0.4) is 0 Å². The molecule has 0 amide bonds. The Kier molecular flexibility index (Phi) is 7.24. The van der Waals surface area contributed by atoms with Crippen molar-refractivity contribution < 1.29 is 13.2 Å². The van der Waals surface area contributed by atoms with Crippen LogP contribution >= 0.6 is 12.2 Å². The summed E-state index contributed by atoms with van der Waals surface area (Å²) < 4.78 is 32.4. The van der Waals surface area contributed by atoms with Crippen LogP contribution < -0.4 is 10.5 Å². The lowest BCUT2D eigenvalue weighted by Crippen LogP contribution is -2.28. The first-order valence-electron chi connectivity index (χ1n) is 6.86. The molecule has 0 unspecified atom stereocenters. The number of benzene rings is 1. The number of hydrogen-bond donors (Lipinski definition) is 2. The van der Waals surface area contributed by atoms with Gasteiger partial charge >= 0.3 is 0 Å². The monoisotopic (exact) mass is 330 g/mol. The van der Waals surface area contributed by atoms with Crippen molar-refractivity contribution >= 4 is 27.2 Å². The average Bonchev–Trinajstić information content (AvgIpc) is 2.42. The number of aryl methyl sites for hydroxylation is 1. The Bertz CT molecular complexity index is 586. The van der Waals surface area contributed by atoms with E-state index in [1.165, 1.54) is 6.07 Å². The SMILES string of the molecule is CCCCOCCNS(=O)(=O)c1cc(C(N)=S)ccc1C. The predicted molar refractivity (Wildman–Crippen MR) is 88.0 cm³/mol. The standard InChI is InChI=1S/C14H22N2O3S2/c1-3-4-8-19-9-7-16-21(17,18)13-10-12(14(15)20)6-5-11(13)2/h5-6,10,16H,3-4,7-9H2,1-2H3,(H2,15,20). The number of nitrogens with two attached hydrogens (primary N) is 1. The Morgan fingerprint density at radius 3 is 2.71 bits per heavy atom. The highest BCUT2D eigenvalue weighted by molar-refractivity contribution is 7.89. The Labute approximate surface area is 131 Å². The molecule has 7 heteroatoms. The second-order valence-electron chi connectivity index (χ2n) is 4.71. The molecule has 1 aromatic rings. The van der Waals surface area contributed by atoms with E-state index in [0.717, 1.165) is 12.8 Å². The van der Waals surface area contributed by atoms with Crippen molar-refractivity contribution in [1.29, 1.82) is 0 Å². The maximum atomic E-state index is 12.3. The zero-order valence-corrected chi connectivity index (χ0v) is 14.0. The second-order valence-corrected chi connectivity index (χ2v) is 6.88. The third-order valence-electron chi connectivity index (χ3n) is 2.94. The molecular formula is C14H22N2O3S2. The van der Waals surface area contributed by atoms with Gasteiger partial charge in [0.25, 0.3) is 0 Å². The number of ether oxygens (including phenoxy) is 1. The van der Waals surface area contributed by atoms with E-state index in [2.05, 4.69) is 11.6 Å². The van der Waals surface area contributed by atoms with Crippen LogP contribution in [0.5, 0.6) is 0 Å². The van der Waals surface area contributed by atoms with E-state index in [4.69, 9.17) is 22.7 Å². The maximum absolute atomic E-state index is 12.3. The van der Waals surface area contributed by atoms with Crippen molar-refractivity contribution in [3.05, 3.63) is 29.3 Å². The van der Waals surface area contributed by atoms with Gasteiger partial charge in [-0.05, 0) is 25.0 Å². The van der Waals surface area contributed by atoms with Gasteiger partial charge in [-0.1, -0.05) is 37.7 Å². The lowest BCUT2D eigenvalue weighted by atomic mass is 10.1. The van der Waals surface area contributed by atoms with Crippen molar-refractivity contribution in [2.24, 2.45) is 5.73 Å². The highest BCUT2D eigenvalue weighted by Crippen LogP contribution is 2.16. The van der Waals surface area contributed by atoms with Crippen LogP contribution in [0.15, 0.2) is 23.1 Å². The molecule has 118 valence electrons. The Morgan fingerprint density at radius 2 is 2.10 bits per heavy atom. The van der Waals surface area contributed by atoms with E-state index < -0.39 is 10.0 Å². The van der Waals surface area contributed by atoms with Gasteiger partial charge in [0.1, 0.15) is 4.99 Å². The molecule has 0 fully saturated rings. The molecule has 0 bridgehead atoms. The van der Waals surface area contributed by atoms with Crippen LogP contribution in [0, 0.1) is 6.92 Å². The Balaban J connectivity index is 2.70. The third kappa shape index (κ3) is 5.70. The molecular weight excluding hydrogens is 308 g/mol. The summed E-state index contributed by atoms with van der Waals surface area (Å²) in [5.74, 6) is 0. The molecule has 0 aliphatic carbocycles. The molecule has 0 aliphatic rings. The van der Waals surface area contributed by atoms with Crippen molar-refractivity contribution in [3.8, 4) is 0 Å². The normalized spacial score (nSPS) is 11.5. The fourth-order valence-electron chi connectivity index (χ4n) is 1.72. The zero-order valence-electron chi connectivity index (χ0n) is 12.4. The van der Waals surface area contributed by atoms with E-state index in [0.29, 0.717) is 24.3 Å². The summed E-state index contributed by atoms with van der Waals surface area (Å²) >= 11 is 4.88. The van der Waals surface area contributed by atoms with Gasteiger partial charge in [0, 0.05) is 18.7 Å². The number of hydrogen-bond acceptors (Lipinski definition) is 4. The summed E-state index contributed by atoms with van der Waals surface area (Å²) in [6.45, 7) is 5.05. The van der Waals surface area contributed by atoms with E-state index in [9.17, 15) is 8.42 Å². The maximum Gasteiger partial charge on any atom is 0.240 e. The number of sulfonamides is 1. The minimum absolute atomic E-state index is 0.175. The molecule has 5 nitrogen and oxygen atoms in total. The fraction of sp³-hybridized carbons (Fsp3) is 0.500. The summed E-state index contributed by atoms with van der Waals surface area (Å²) in [4.78, 5) is 0.371. The third-order valence-corrected chi connectivity index (χ3v) is 4.78. The van der Waals surface area contributed by atoms with Gasteiger partial charge in [0.15, 0.2) is 0 Å². The highest BCUT2D eigenvalue weighted by atomic mass is 32.2. The van der Waals surface area contributed by atoms with Crippen LogP contribution in [0.4, 0.5) is 0 Å². The molecule has 0 aromatic heterocycles. The molecule has 0 aliphatic heterocycles. The first kappa shape index (κ1) is 18.0. The summed E-state index contributed by atoms with van der Waals surface area (Å²) in [5, 5.41) is 0. The molecule has 21 heavy (non-hydrogen) atoms. The second kappa shape index (κ2) is 8.43. The number of nitrogens with one attached hydrogen (secondary N) is 1. The topological polar surface area (TPSA) is 81.4 Å². The van der Waals surface area contributed by atoms with Crippen LogP contribution in [-0.4, -0.2) is 33.2 Å². The molecule has 0 atom stereocenters. The minimum Gasteiger partial charge on any atom is -0.389 e. The number of unbranched alkanes of at least 4 members (excludes halogenated alkanes) is 1. The van der Waals surface area contributed by atoms with Gasteiger partial charge in [-0.15, -0.1) is 0 Å². The summed E-state index contributed by atoms with van der Waals surface area (Å²) in [7, 11) is -3.58. The molecule has 1 rings (SSSR count). The van der Waals surface area contributed by atoms with E-state index in [1.807, 2.05) is 0 Å². The molecule has 3 N–H and O–H groups in total. The Hall–Kier alpha value is -1.02. The lowest BCUT2D eigenvalue weighted by Gasteiger charge is -2.11. The van der Waals surface area contributed by atoms with Crippen molar-refractivity contribution in [2.45, 2.75) is 31.6 Å². The highest BCUT2D eigenvalue weighted by Gasteiger charge is 2.17. The molecule has 0 spiro atoms. The van der Waals surface area contributed by atoms with Gasteiger partial charge in [-0.2, -0.15) is 0 Å². The van der Waals surface area contributed by atoms with Crippen LogP contribution in [0.25, 0.3) is 0 Å². The smallest absolute Gasteiger partial charge is 0.240 e. The van der Waals surface area contributed by atoms with Gasteiger partial charge in [0.05, 0.1) is 11.5 Å². The first-order chi connectivity index (χ1) is 9.88. The van der Waals surface area contributed by atoms with Gasteiger partial charge in [-0.25, -0.2) is 13.1 Å². The summed E-state index contributed by atoms with van der Waals surface area (Å²) in [5.41, 5.74) is 6.73. The van der Waals surface area contributed by atoms with Gasteiger partial charge in [-0.3, -0.25) is 0 Å². The molecule has 1 aromatic carbocycles. The van der Waals surface area contributed by atoms with Crippen molar-refractivity contribution in [1.82, 2.24) is 4.72 Å². The van der Waals surface area contributed by atoms with Crippen LogP contribution in [0.1, 0.15) is 30.9 Å². The van der Waals surface area contributed by atoms with Gasteiger partial charge < -0.3 is 10.5 Å². The van der Waals surface area contributed by atoms with Crippen LogP contribution in [-0.2, 0) is 14.8 Å². The molecule has 0 saturated heterocycles. The molecule has 0 radical (unpaired) electrons. The predicted octanol–water partition coefficient (Wildman–Crippen LogP) is 1.72. The fourth-order valence-corrected chi connectivity index (χ4v) is 3.13. The largest absolute Gasteiger partial charge is 0.389 e. The minimum atomic E-state index is -3.58. The summed E-state index contributed by atoms with van der Waals surface area (Å²) in [6.07, 6.45) is 2.03. The van der Waals surface area contributed by atoms with Crippen molar-refractivity contribution in [2.75, 3.05) is 19.8 Å². The lowest BCUT2D eigenvalue weighted by molar-refractivity contribution is 0.136. The zero-order chi connectivity index (χ0) is 15.9. The Morgan fingerprint density at radius 1 is 1.38 bits per heavy atom. The molecule has 0 saturated carbocycles. The van der Waals surface area contributed by atoms with E-state index >= 15 is 0 Å². The van der Waals surface area contributed by atoms with Crippen molar-refractivity contribution in [3.63, 3.8) is 0 Å².